The van der Waals surface area contributed by atoms with Gasteiger partial charge in [0.15, 0.2) is 5.82 Å². The Morgan fingerprint density at radius 2 is 2.08 bits per heavy atom. The summed E-state index contributed by atoms with van der Waals surface area (Å²) in [7, 11) is 0. The molecule has 0 aliphatic heterocycles. The molecule has 0 aliphatic rings. The number of nitrogens with zero attached hydrogens (tertiary/aromatic N) is 4. The second-order valence-electron chi connectivity index (χ2n) is 5.07. The molecule has 1 aromatic carbocycles. The van der Waals surface area contributed by atoms with Crippen molar-refractivity contribution in [2.75, 3.05) is 5.32 Å². The molecule has 4 aromatic rings. The number of thiazole rings is 1. The number of benzene rings is 1. The number of nitrogens with one attached hydrogen (secondary N) is 1. The monoisotopic (exact) mass is 336 g/mol. The summed E-state index contributed by atoms with van der Waals surface area (Å²) in [5.41, 5.74) is 1.82. The van der Waals surface area contributed by atoms with Gasteiger partial charge in [-0.15, -0.1) is 11.3 Å². The highest BCUT2D eigenvalue weighted by Gasteiger charge is 2.12. The summed E-state index contributed by atoms with van der Waals surface area (Å²) < 4.78 is 15.2. The van der Waals surface area contributed by atoms with E-state index in [-0.39, 0.29) is 11.6 Å². The molecular formula is C17H11FN5S. The molecule has 0 saturated heterocycles. The largest absolute Gasteiger partial charge is 0.309 e. The number of fused-ring (bicyclic) bond motifs is 1. The maximum Gasteiger partial charge on any atom is 0.229 e. The fourth-order valence-electron chi connectivity index (χ4n) is 2.33. The van der Waals surface area contributed by atoms with Gasteiger partial charge in [-0.3, -0.25) is 0 Å². The molecule has 24 heavy (non-hydrogen) atoms. The Hall–Kier alpha value is -2.93. The van der Waals surface area contributed by atoms with E-state index in [1.54, 1.807) is 23.5 Å². The third-order valence-electron chi connectivity index (χ3n) is 3.37. The molecule has 1 radical (unpaired) electrons. The summed E-state index contributed by atoms with van der Waals surface area (Å²) in [6.45, 7) is 1.95. The fraction of sp³-hybridized carbons (Fsp3) is 0.0588. The molecule has 3 heterocycles. The predicted molar refractivity (Wildman–Crippen MR) is 91.7 cm³/mol. The normalized spacial score (nSPS) is 10.9. The topological polar surface area (TPSA) is 63.6 Å². The highest BCUT2D eigenvalue weighted by molar-refractivity contribution is 7.18. The summed E-state index contributed by atoms with van der Waals surface area (Å²) in [5.74, 6) is 0.376. The van der Waals surface area contributed by atoms with E-state index in [1.807, 2.05) is 25.1 Å². The number of rotatable bonds is 3. The lowest BCUT2D eigenvalue weighted by molar-refractivity contribution is 0.619. The van der Waals surface area contributed by atoms with Crippen molar-refractivity contribution in [3.05, 3.63) is 59.6 Å². The van der Waals surface area contributed by atoms with E-state index in [0.29, 0.717) is 11.4 Å². The molecule has 3 aromatic heterocycles. The van der Waals surface area contributed by atoms with Crippen molar-refractivity contribution in [3.8, 4) is 11.3 Å². The molecule has 1 N–H and O–H groups in total. The van der Waals surface area contributed by atoms with Crippen molar-refractivity contribution >= 4 is 33.3 Å². The average molecular weight is 336 g/mol. The highest BCUT2D eigenvalue weighted by Crippen LogP contribution is 2.28. The zero-order valence-electron chi connectivity index (χ0n) is 12.6. The SMILES string of the molecule is Cc1nc2ccc(-c3nc(Nc4cc[c]cn4)ncc3F)cc2s1. The van der Waals surface area contributed by atoms with Crippen LogP contribution in [-0.4, -0.2) is 19.9 Å². The van der Waals surface area contributed by atoms with E-state index in [1.165, 1.54) is 6.20 Å². The predicted octanol–water partition coefficient (Wildman–Crippen LogP) is 4.14. The van der Waals surface area contributed by atoms with E-state index < -0.39 is 5.82 Å². The van der Waals surface area contributed by atoms with Crippen LogP contribution in [-0.2, 0) is 0 Å². The molecule has 5 nitrogen and oxygen atoms in total. The van der Waals surface area contributed by atoms with E-state index in [0.717, 1.165) is 21.4 Å². The molecule has 0 spiro atoms. The summed E-state index contributed by atoms with van der Waals surface area (Å²) in [6, 6.07) is 11.9. The average Bonchev–Trinajstić information content (AvgIpc) is 2.96. The van der Waals surface area contributed by atoms with Crippen molar-refractivity contribution < 1.29 is 4.39 Å². The number of hydrogen-bond acceptors (Lipinski definition) is 6. The minimum absolute atomic E-state index is 0.239. The number of anilines is 2. The Balaban J connectivity index is 1.74. The lowest BCUT2D eigenvalue weighted by atomic mass is 10.1. The van der Waals surface area contributed by atoms with Gasteiger partial charge in [-0.05, 0) is 31.2 Å². The number of halogens is 1. The van der Waals surface area contributed by atoms with Gasteiger partial charge in [0.1, 0.15) is 11.5 Å². The zero-order chi connectivity index (χ0) is 16.5. The van der Waals surface area contributed by atoms with Gasteiger partial charge in [0.2, 0.25) is 5.95 Å². The molecule has 0 fully saturated rings. The Morgan fingerprint density at radius 1 is 1.17 bits per heavy atom. The molecule has 4 rings (SSSR count). The molecule has 0 amide bonds. The quantitative estimate of drug-likeness (QED) is 0.609. The fourth-order valence-corrected chi connectivity index (χ4v) is 3.19. The first kappa shape index (κ1) is 14.6. The van der Waals surface area contributed by atoms with Gasteiger partial charge in [-0.1, -0.05) is 6.07 Å². The van der Waals surface area contributed by atoms with Gasteiger partial charge in [-0.2, -0.15) is 0 Å². The van der Waals surface area contributed by atoms with Gasteiger partial charge in [0.25, 0.3) is 0 Å². The van der Waals surface area contributed by atoms with Gasteiger partial charge in [0, 0.05) is 17.8 Å². The van der Waals surface area contributed by atoms with Crippen LogP contribution in [0.5, 0.6) is 0 Å². The van der Waals surface area contributed by atoms with Crippen LogP contribution < -0.4 is 5.32 Å². The maximum atomic E-state index is 14.2. The summed E-state index contributed by atoms with van der Waals surface area (Å²) in [5, 5.41) is 3.92. The maximum absolute atomic E-state index is 14.2. The Bertz CT molecular complexity index is 1020. The van der Waals surface area contributed by atoms with Crippen molar-refractivity contribution in [2.45, 2.75) is 6.92 Å². The Labute approximate surface area is 141 Å². The van der Waals surface area contributed by atoms with Crippen LogP contribution in [0.1, 0.15) is 5.01 Å². The molecule has 0 saturated carbocycles. The van der Waals surface area contributed by atoms with Crippen LogP contribution in [0.3, 0.4) is 0 Å². The van der Waals surface area contributed by atoms with Gasteiger partial charge in [0.05, 0.1) is 21.4 Å². The van der Waals surface area contributed by atoms with Crippen LogP contribution >= 0.6 is 11.3 Å². The first-order valence-electron chi connectivity index (χ1n) is 7.18. The second kappa shape index (κ2) is 5.93. The van der Waals surface area contributed by atoms with Crippen molar-refractivity contribution in [2.24, 2.45) is 0 Å². The minimum Gasteiger partial charge on any atom is -0.309 e. The smallest absolute Gasteiger partial charge is 0.229 e. The first-order chi connectivity index (χ1) is 11.7. The van der Waals surface area contributed by atoms with Crippen LogP contribution in [0.2, 0.25) is 0 Å². The molecule has 117 valence electrons. The molecule has 7 heteroatoms. The molecule has 0 unspecified atom stereocenters. The molecule has 0 aliphatic carbocycles. The number of hydrogen-bond donors (Lipinski definition) is 1. The highest BCUT2D eigenvalue weighted by atomic mass is 32.1. The summed E-state index contributed by atoms with van der Waals surface area (Å²) in [6.07, 6.45) is 2.69. The van der Waals surface area contributed by atoms with Crippen molar-refractivity contribution in [1.29, 1.82) is 0 Å². The molecular weight excluding hydrogens is 325 g/mol. The zero-order valence-corrected chi connectivity index (χ0v) is 13.4. The Morgan fingerprint density at radius 3 is 2.92 bits per heavy atom. The van der Waals surface area contributed by atoms with Gasteiger partial charge in [-0.25, -0.2) is 24.3 Å². The second-order valence-corrected chi connectivity index (χ2v) is 6.31. The lowest BCUT2D eigenvalue weighted by Crippen LogP contribution is -2.01. The number of aryl methyl sites for hydroxylation is 1. The van der Waals surface area contributed by atoms with Crippen molar-refractivity contribution in [3.63, 3.8) is 0 Å². The van der Waals surface area contributed by atoms with E-state index in [2.05, 4.69) is 31.3 Å². The summed E-state index contributed by atoms with van der Waals surface area (Å²) >= 11 is 1.57. The third kappa shape index (κ3) is 2.81. The number of aromatic nitrogens is 4. The van der Waals surface area contributed by atoms with E-state index in [9.17, 15) is 4.39 Å². The molecule has 0 atom stereocenters. The minimum atomic E-state index is -0.476. The van der Waals surface area contributed by atoms with Crippen LogP contribution in [0.15, 0.2) is 42.7 Å². The Kier molecular flexibility index (Phi) is 3.62. The van der Waals surface area contributed by atoms with Crippen LogP contribution in [0.4, 0.5) is 16.2 Å². The van der Waals surface area contributed by atoms with Gasteiger partial charge >= 0.3 is 0 Å². The molecule has 0 bridgehead atoms. The van der Waals surface area contributed by atoms with Crippen LogP contribution in [0, 0.1) is 18.8 Å². The van der Waals surface area contributed by atoms with E-state index >= 15 is 0 Å². The summed E-state index contributed by atoms with van der Waals surface area (Å²) in [4.78, 5) is 16.8. The first-order valence-corrected chi connectivity index (χ1v) is 8.00. The van der Waals surface area contributed by atoms with Crippen LogP contribution in [0.25, 0.3) is 21.5 Å². The van der Waals surface area contributed by atoms with E-state index in [4.69, 9.17) is 0 Å². The standard InChI is InChI=1S/C17H11FN5S/c1-10-21-13-6-5-11(8-14(13)24-10)16-12(18)9-20-17(23-16)22-15-4-2-3-7-19-15/h2,4-9H,1H3,(H,19,20,22,23). The van der Waals surface area contributed by atoms with Gasteiger partial charge < -0.3 is 5.32 Å². The van der Waals surface area contributed by atoms with Crippen molar-refractivity contribution in [1.82, 2.24) is 19.9 Å². The third-order valence-corrected chi connectivity index (χ3v) is 4.30. The number of pyridine rings is 1. The lowest BCUT2D eigenvalue weighted by Gasteiger charge is -2.07.